The molecule has 0 aliphatic rings. The van der Waals surface area contributed by atoms with E-state index in [1.54, 1.807) is 9.25 Å². The number of aromatic nitrogens is 4. The van der Waals surface area contributed by atoms with Gasteiger partial charge in [-0.3, -0.25) is 9.55 Å². The van der Waals surface area contributed by atoms with Gasteiger partial charge < -0.3 is 9.84 Å². The van der Waals surface area contributed by atoms with Gasteiger partial charge in [-0.2, -0.15) is 5.10 Å². The minimum atomic E-state index is -1.06. The van der Waals surface area contributed by atoms with Crippen molar-refractivity contribution in [3.05, 3.63) is 99.4 Å². The summed E-state index contributed by atoms with van der Waals surface area (Å²) in [6.45, 7) is 9.56. The zero-order valence-corrected chi connectivity index (χ0v) is 23.3. The van der Waals surface area contributed by atoms with Gasteiger partial charge in [0.2, 0.25) is 0 Å². The van der Waals surface area contributed by atoms with E-state index >= 15 is 0 Å². The van der Waals surface area contributed by atoms with Crippen LogP contribution in [0.15, 0.2) is 65.6 Å². The third kappa shape index (κ3) is 6.45. The van der Waals surface area contributed by atoms with Crippen molar-refractivity contribution < 1.29 is 14.6 Å². The van der Waals surface area contributed by atoms with Crippen LogP contribution in [0, 0.1) is 0 Å². The molecule has 0 saturated heterocycles. The highest BCUT2D eigenvalue weighted by molar-refractivity contribution is 5.92. The second-order valence-corrected chi connectivity index (χ2v) is 10.7. The molecule has 8 nitrogen and oxygen atoms in total. The molecule has 0 saturated carbocycles. The molecule has 0 aliphatic heterocycles. The van der Waals surface area contributed by atoms with Gasteiger partial charge in [0.1, 0.15) is 11.4 Å². The number of rotatable bonds is 10. The number of hydrogen-bond acceptors (Lipinski definition) is 5. The predicted molar refractivity (Wildman–Crippen MR) is 152 cm³/mol. The van der Waals surface area contributed by atoms with Crippen molar-refractivity contribution in [1.29, 1.82) is 0 Å². The highest BCUT2D eigenvalue weighted by atomic mass is 16.5. The van der Waals surface area contributed by atoms with E-state index in [0.29, 0.717) is 25.2 Å². The molecule has 4 aromatic rings. The van der Waals surface area contributed by atoms with Gasteiger partial charge in [0, 0.05) is 18.5 Å². The molecular formula is C31H36N4O4. The number of benzene rings is 2. The molecular weight excluding hydrogens is 492 g/mol. The Balaban J connectivity index is 1.40. The topological polar surface area (TPSA) is 99.2 Å². The maximum Gasteiger partial charge on any atom is 0.346 e. The minimum Gasteiger partial charge on any atom is -0.494 e. The summed E-state index contributed by atoms with van der Waals surface area (Å²) in [5, 5.41) is 14.1. The molecule has 2 aromatic heterocycles. The molecule has 0 radical (unpaired) electrons. The van der Waals surface area contributed by atoms with E-state index in [4.69, 9.17) is 4.74 Å². The van der Waals surface area contributed by atoms with E-state index in [9.17, 15) is 14.7 Å². The van der Waals surface area contributed by atoms with Gasteiger partial charge in [0.15, 0.2) is 5.75 Å². The van der Waals surface area contributed by atoms with E-state index in [2.05, 4.69) is 55.1 Å². The standard InChI is InChI=1S/C31H36N4O4/c1-6-34-28(33-35(30(34)38)20-22-12-16-24(17-13-22)31(2,3)4)9-7-8-21-10-14-23(15-11-21)26-18-25(29(36)37)27(39-5)19-32-26/h10-19H,6-9,20H2,1-5H3,(H,36,37). The summed E-state index contributed by atoms with van der Waals surface area (Å²) in [6.07, 6.45) is 3.80. The molecule has 204 valence electrons. The molecule has 0 atom stereocenters. The van der Waals surface area contributed by atoms with Gasteiger partial charge >= 0.3 is 11.7 Å². The van der Waals surface area contributed by atoms with Crippen LogP contribution < -0.4 is 10.4 Å². The smallest absolute Gasteiger partial charge is 0.346 e. The van der Waals surface area contributed by atoms with Gasteiger partial charge in [-0.05, 0) is 47.9 Å². The van der Waals surface area contributed by atoms with Gasteiger partial charge in [-0.15, -0.1) is 0 Å². The summed E-state index contributed by atoms with van der Waals surface area (Å²) in [6, 6.07) is 17.8. The normalized spacial score (nSPS) is 11.5. The lowest BCUT2D eigenvalue weighted by Crippen LogP contribution is -2.25. The molecule has 0 fully saturated rings. The highest BCUT2D eigenvalue weighted by Gasteiger charge is 2.16. The fourth-order valence-corrected chi connectivity index (χ4v) is 4.60. The Morgan fingerprint density at radius 2 is 1.67 bits per heavy atom. The molecule has 2 aromatic carbocycles. The first-order valence-corrected chi connectivity index (χ1v) is 13.2. The first-order valence-electron chi connectivity index (χ1n) is 13.2. The first kappa shape index (κ1) is 27.8. The van der Waals surface area contributed by atoms with E-state index < -0.39 is 5.97 Å². The average Bonchev–Trinajstić information content (AvgIpc) is 3.22. The second kappa shape index (κ2) is 11.7. The van der Waals surface area contributed by atoms with Crippen LogP contribution in [0.3, 0.4) is 0 Å². The average molecular weight is 529 g/mol. The third-order valence-corrected chi connectivity index (χ3v) is 6.90. The van der Waals surface area contributed by atoms with Crippen LogP contribution in [0.2, 0.25) is 0 Å². The molecule has 0 bridgehead atoms. The summed E-state index contributed by atoms with van der Waals surface area (Å²) >= 11 is 0. The van der Waals surface area contributed by atoms with Crippen LogP contribution in [0.4, 0.5) is 0 Å². The Labute approximate surface area is 228 Å². The van der Waals surface area contributed by atoms with Crippen LogP contribution in [0.1, 0.15) is 67.0 Å². The Bertz CT molecular complexity index is 1490. The molecule has 0 aliphatic carbocycles. The maximum atomic E-state index is 13.0. The van der Waals surface area contributed by atoms with E-state index in [1.165, 1.54) is 24.9 Å². The van der Waals surface area contributed by atoms with E-state index in [-0.39, 0.29) is 22.4 Å². The Morgan fingerprint density at radius 3 is 2.26 bits per heavy atom. The van der Waals surface area contributed by atoms with Crippen molar-refractivity contribution >= 4 is 5.97 Å². The molecule has 8 heteroatoms. The summed E-state index contributed by atoms with van der Waals surface area (Å²) in [5.74, 6) is -0.0260. The lowest BCUT2D eigenvalue weighted by atomic mass is 9.87. The number of ether oxygens (including phenoxy) is 1. The third-order valence-electron chi connectivity index (χ3n) is 6.90. The van der Waals surface area contributed by atoms with E-state index in [0.717, 1.165) is 35.4 Å². The van der Waals surface area contributed by atoms with Gasteiger partial charge in [-0.25, -0.2) is 14.3 Å². The number of aryl methyl sites for hydroxylation is 2. The summed E-state index contributed by atoms with van der Waals surface area (Å²) in [7, 11) is 1.42. The van der Waals surface area contributed by atoms with Crippen molar-refractivity contribution in [3.8, 4) is 17.0 Å². The lowest BCUT2D eigenvalue weighted by Gasteiger charge is -2.19. The number of carboxylic acids is 1. The van der Waals surface area contributed by atoms with Crippen LogP contribution in [-0.2, 0) is 31.3 Å². The molecule has 1 N–H and O–H groups in total. The molecule has 2 heterocycles. The van der Waals surface area contributed by atoms with Crippen molar-refractivity contribution in [2.24, 2.45) is 0 Å². The number of carboxylic acid groups (broad SMARTS) is 1. The molecule has 39 heavy (non-hydrogen) atoms. The number of pyridine rings is 1. The SMILES string of the molecule is CCn1c(CCCc2ccc(-c3cc(C(=O)O)c(OC)cn3)cc2)nn(Cc2ccc(C(C)(C)C)cc2)c1=O. The Hall–Kier alpha value is -4.20. The highest BCUT2D eigenvalue weighted by Crippen LogP contribution is 2.25. The fraction of sp³-hybridized carbons (Fsp3) is 0.355. The molecule has 0 amide bonds. The summed E-state index contributed by atoms with van der Waals surface area (Å²) in [5.41, 5.74) is 4.96. The zero-order valence-electron chi connectivity index (χ0n) is 23.3. The zero-order chi connectivity index (χ0) is 28.2. The van der Waals surface area contributed by atoms with Crippen LogP contribution in [-0.4, -0.2) is 37.5 Å². The van der Waals surface area contributed by atoms with Crippen LogP contribution >= 0.6 is 0 Å². The number of aromatic carboxylic acids is 1. The summed E-state index contributed by atoms with van der Waals surface area (Å²) in [4.78, 5) is 28.8. The van der Waals surface area contributed by atoms with Gasteiger partial charge in [0.05, 0.1) is 25.5 Å². The molecule has 0 unspecified atom stereocenters. The predicted octanol–water partition coefficient (Wildman–Crippen LogP) is 5.35. The van der Waals surface area contributed by atoms with Gasteiger partial charge in [0.25, 0.3) is 0 Å². The minimum absolute atomic E-state index is 0.0786. The van der Waals surface area contributed by atoms with Gasteiger partial charge in [-0.1, -0.05) is 69.3 Å². The maximum absolute atomic E-state index is 13.0. The van der Waals surface area contributed by atoms with Crippen molar-refractivity contribution in [2.45, 2.75) is 65.5 Å². The first-order chi connectivity index (χ1) is 18.6. The second-order valence-electron chi connectivity index (χ2n) is 10.7. The van der Waals surface area contributed by atoms with Crippen molar-refractivity contribution in [2.75, 3.05) is 7.11 Å². The Morgan fingerprint density at radius 1 is 1.00 bits per heavy atom. The largest absolute Gasteiger partial charge is 0.494 e. The van der Waals surface area contributed by atoms with Crippen molar-refractivity contribution in [3.63, 3.8) is 0 Å². The molecule has 4 rings (SSSR count). The number of hydrogen-bond donors (Lipinski definition) is 1. The fourth-order valence-electron chi connectivity index (χ4n) is 4.60. The number of nitrogens with zero attached hydrogens (tertiary/aromatic N) is 4. The van der Waals surface area contributed by atoms with E-state index in [1.807, 2.05) is 31.2 Å². The molecule has 0 spiro atoms. The lowest BCUT2D eigenvalue weighted by molar-refractivity contribution is 0.0693. The van der Waals surface area contributed by atoms with Crippen LogP contribution in [0.5, 0.6) is 5.75 Å². The summed E-state index contributed by atoms with van der Waals surface area (Å²) < 4.78 is 8.41. The quantitative estimate of drug-likeness (QED) is 0.298. The number of carbonyl (C=O) groups is 1. The number of methoxy groups -OCH3 is 1. The monoisotopic (exact) mass is 528 g/mol. The Kier molecular flexibility index (Phi) is 8.33. The van der Waals surface area contributed by atoms with Crippen LogP contribution in [0.25, 0.3) is 11.3 Å². The van der Waals surface area contributed by atoms with Crippen molar-refractivity contribution in [1.82, 2.24) is 19.3 Å².